The molecular formula is C13H21ClN2O. The number of amides is 1. The minimum atomic E-state index is -0.369. The molecule has 4 heteroatoms. The van der Waals surface area contributed by atoms with E-state index in [4.69, 9.17) is 5.73 Å². The van der Waals surface area contributed by atoms with Crippen LogP contribution in [0.4, 0.5) is 0 Å². The smallest absolute Gasteiger partial charge is 0.227 e. The average molecular weight is 257 g/mol. The van der Waals surface area contributed by atoms with E-state index >= 15 is 0 Å². The van der Waals surface area contributed by atoms with E-state index in [1.807, 2.05) is 51.1 Å². The molecular weight excluding hydrogens is 236 g/mol. The highest BCUT2D eigenvalue weighted by molar-refractivity contribution is 5.85. The summed E-state index contributed by atoms with van der Waals surface area (Å²) >= 11 is 0. The molecule has 1 amide bonds. The molecule has 3 nitrogen and oxygen atoms in total. The lowest BCUT2D eigenvalue weighted by Gasteiger charge is -2.20. The molecule has 1 unspecified atom stereocenters. The first kappa shape index (κ1) is 15.9. The minimum absolute atomic E-state index is 0. The largest absolute Gasteiger partial charge is 0.354 e. The topological polar surface area (TPSA) is 55.1 Å². The van der Waals surface area contributed by atoms with Crippen LogP contribution in [-0.2, 0) is 4.79 Å². The Morgan fingerprint density at radius 3 is 2.35 bits per heavy atom. The lowest BCUT2D eigenvalue weighted by atomic mass is 10.00. The zero-order valence-corrected chi connectivity index (χ0v) is 11.4. The van der Waals surface area contributed by atoms with Gasteiger partial charge >= 0.3 is 0 Å². The van der Waals surface area contributed by atoms with Gasteiger partial charge in [-0.3, -0.25) is 4.79 Å². The fourth-order valence-electron chi connectivity index (χ4n) is 1.36. The third kappa shape index (κ3) is 5.71. The molecule has 0 spiro atoms. The van der Waals surface area contributed by atoms with Gasteiger partial charge in [0.1, 0.15) is 0 Å². The van der Waals surface area contributed by atoms with Crippen molar-refractivity contribution in [2.24, 2.45) is 5.73 Å². The molecule has 1 aromatic rings. The Hall–Kier alpha value is -1.06. The highest BCUT2D eigenvalue weighted by atomic mass is 35.5. The molecule has 0 heterocycles. The fourth-order valence-corrected chi connectivity index (χ4v) is 1.36. The van der Waals surface area contributed by atoms with Crippen molar-refractivity contribution in [3.63, 3.8) is 0 Å². The van der Waals surface area contributed by atoms with Crippen LogP contribution in [0.2, 0.25) is 0 Å². The first-order chi connectivity index (χ1) is 7.40. The summed E-state index contributed by atoms with van der Waals surface area (Å²) in [6, 6.07) is 9.73. The van der Waals surface area contributed by atoms with E-state index in [0.29, 0.717) is 6.54 Å². The van der Waals surface area contributed by atoms with Crippen LogP contribution in [0.15, 0.2) is 30.3 Å². The van der Waals surface area contributed by atoms with E-state index in [-0.39, 0.29) is 29.8 Å². The first-order valence-corrected chi connectivity index (χ1v) is 5.52. The summed E-state index contributed by atoms with van der Waals surface area (Å²) in [5.41, 5.74) is 6.46. The zero-order chi connectivity index (χ0) is 12.2. The molecule has 0 aliphatic rings. The zero-order valence-electron chi connectivity index (χ0n) is 10.6. The number of nitrogens with one attached hydrogen (secondary N) is 1. The predicted molar refractivity (Wildman–Crippen MR) is 73.4 cm³/mol. The van der Waals surface area contributed by atoms with Crippen molar-refractivity contribution in [3.05, 3.63) is 35.9 Å². The second-order valence-corrected chi connectivity index (χ2v) is 4.84. The standard InChI is InChI=1S/C13H20N2O.ClH/c1-10(11-7-5-4-6-8-11)12(16)15-9-13(2,3)14;/h4-8,10H,9,14H2,1-3H3,(H,15,16);1H. The molecule has 0 aliphatic carbocycles. The monoisotopic (exact) mass is 256 g/mol. The van der Waals surface area contributed by atoms with Crippen molar-refractivity contribution >= 4 is 18.3 Å². The number of hydrogen-bond acceptors (Lipinski definition) is 2. The molecule has 0 bridgehead atoms. The summed E-state index contributed by atoms with van der Waals surface area (Å²) in [6.07, 6.45) is 0. The minimum Gasteiger partial charge on any atom is -0.354 e. The van der Waals surface area contributed by atoms with Gasteiger partial charge in [0.15, 0.2) is 0 Å². The van der Waals surface area contributed by atoms with Crippen molar-refractivity contribution in [1.82, 2.24) is 5.32 Å². The predicted octanol–water partition coefficient (Wildman–Crippen LogP) is 2.07. The van der Waals surface area contributed by atoms with Crippen LogP contribution in [-0.4, -0.2) is 18.0 Å². The van der Waals surface area contributed by atoms with Gasteiger partial charge in [-0.25, -0.2) is 0 Å². The van der Waals surface area contributed by atoms with E-state index in [0.717, 1.165) is 5.56 Å². The van der Waals surface area contributed by atoms with Gasteiger partial charge in [-0.05, 0) is 26.3 Å². The summed E-state index contributed by atoms with van der Waals surface area (Å²) in [7, 11) is 0. The maximum atomic E-state index is 11.8. The molecule has 17 heavy (non-hydrogen) atoms. The maximum Gasteiger partial charge on any atom is 0.227 e. The van der Waals surface area contributed by atoms with Gasteiger partial charge in [-0.15, -0.1) is 12.4 Å². The summed E-state index contributed by atoms with van der Waals surface area (Å²) in [6.45, 7) is 6.16. The third-order valence-corrected chi connectivity index (χ3v) is 2.41. The summed E-state index contributed by atoms with van der Waals surface area (Å²) < 4.78 is 0. The normalized spacial score (nSPS) is 12.5. The van der Waals surface area contributed by atoms with Crippen LogP contribution in [0, 0.1) is 0 Å². The van der Waals surface area contributed by atoms with Crippen molar-refractivity contribution in [2.45, 2.75) is 32.2 Å². The summed E-state index contributed by atoms with van der Waals surface area (Å²) in [5.74, 6) is -0.117. The van der Waals surface area contributed by atoms with Crippen molar-refractivity contribution < 1.29 is 4.79 Å². The van der Waals surface area contributed by atoms with Crippen LogP contribution >= 0.6 is 12.4 Å². The van der Waals surface area contributed by atoms with Crippen LogP contribution in [0.3, 0.4) is 0 Å². The van der Waals surface area contributed by atoms with E-state index in [1.54, 1.807) is 0 Å². The first-order valence-electron chi connectivity index (χ1n) is 5.52. The van der Waals surface area contributed by atoms with Gasteiger partial charge in [0.05, 0.1) is 5.92 Å². The number of carbonyl (C=O) groups excluding carboxylic acids is 1. The van der Waals surface area contributed by atoms with Crippen LogP contribution in [0.1, 0.15) is 32.3 Å². The van der Waals surface area contributed by atoms with Crippen LogP contribution < -0.4 is 11.1 Å². The number of nitrogens with two attached hydrogens (primary N) is 1. The second kappa shape index (κ2) is 6.62. The molecule has 0 fully saturated rings. The Morgan fingerprint density at radius 1 is 1.35 bits per heavy atom. The number of halogens is 1. The van der Waals surface area contributed by atoms with Gasteiger partial charge in [-0.2, -0.15) is 0 Å². The third-order valence-electron chi connectivity index (χ3n) is 2.41. The molecule has 1 atom stereocenters. The fraction of sp³-hybridized carbons (Fsp3) is 0.462. The average Bonchev–Trinajstić information content (AvgIpc) is 2.25. The Kier molecular flexibility index (Phi) is 6.21. The number of rotatable bonds is 4. The van der Waals surface area contributed by atoms with E-state index in [1.165, 1.54) is 0 Å². The molecule has 96 valence electrons. The van der Waals surface area contributed by atoms with Crippen LogP contribution in [0.5, 0.6) is 0 Å². The lowest BCUT2D eigenvalue weighted by Crippen LogP contribution is -2.46. The lowest BCUT2D eigenvalue weighted by molar-refractivity contribution is -0.122. The Labute approximate surface area is 109 Å². The highest BCUT2D eigenvalue weighted by Crippen LogP contribution is 2.14. The van der Waals surface area contributed by atoms with Gasteiger partial charge in [0, 0.05) is 12.1 Å². The molecule has 0 aromatic heterocycles. The molecule has 0 saturated heterocycles. The molecule has 0 radical (unpaired) electrons. The Bertz CT molecular complexity index is 346. The molecule has 1 aromatic carbocycles. The summed E-state index contributed by atoms with van der Waals surface area (Å²) in [4.78, 5) is 11.8. The number of hydrogen-bond donors (Lipinski definition) is 2. The van der Waals surface area contributed by atoms with Crippen LogP contribution in [0.25, 0.3) is 0 Å². The van der Waals surface area contributed by atoms with Crippen molar-refractivity contribution in [3.8, 4) is 0 Å². The van der Waals surface area contributed by atoms with Crippen molar-refractivity contribution in [1.29, 1.82) is 0 Å². The molecule has 3 N–H and O–H groups in total. The van der Waals surface area contributed by atoms with E-state index in [2.05, 4.69) is 5.32 Å². The Balaban J connectivity index is 0.00000256. The van der Waals surface area contributed by atoms with E-state index < -0.39 is 0 Å². The molecule has 1 rings (SSSR count). The van der Waals surface area contributed by atoms with Gasteiger partial charge in [0.25, 0.3) is 0 Å². The van der Waals surface area contributed by atoms with E-state index in [9.17, 15) is 4.79 Å². The van der Waals surface area contributed by atoms with Crippen molar-refractivity contribution in [2.75, 3.05) is 6.54 Å². The second-order valence-electron chi connectivity index (χ2n) is 4.84. The molecule has 0 saturated carbocycles. The quantitative estimate of drug-likeness (QED) is 0.867. The van der Waals surface area contributed by atoms with Gasteiger partial charge in [-0.1, -0.05) is 30.3 Å². The van der Waals surface area contributed by atoms with Gasteiger partial charge in [0.2, 0.25) is 5.91 Å². The highest BCUT2D eigenvalue weighted by Gasteiger charge is 2.17. The SMILES string of the molecule is CC(C(=O)NCC(C)(C)N)c1ccccc1.Cl. The van der Waals surface area contributed by atoms with Gasteiger partial charge < -0.3 is 11.1 Å². The Morgan fingerprint density at radius 2 is 1.88 bits per heavy atom. The number of benzene rings is 1. The summed E-state index contributed by atoms with van der Waals surface area (Å²) in [5, 5.41) is 2.86. The maximum absolute atomic E-state index is 11.8. The number of carbonyl (C=O) groups is 1. The molecule has 0 aliphatic heterocycles.